The molecule has 1 aliphatic carbocycles. The molecule has 166 valence electrons. The number of nitrogens with zero attached hydrogens (tertiary/aromatic N) is 1. The largest absolute Gasteiger partial charge is 0.453 e. The van der Waals surface area contributed by atoms with E-state index in [1.54, 1.807) is 4.90 Å². The average molecular weight is 435 g/mol. The molecule has 0 N–H and O–H groups in total. The number of benzene rings is 2. The van der Waals surface area contributed by atoms with E-state index in [1.165, 1.54) is 31.4 Å². The molecule has 0 bridgehead atoms. The zero-order valence-electron chi connectivity index (χ0n) is 18.3. The third kappa shape index (κ3) is 4.34. The SMILES string of the molecule is COC(=O)N1CC[C@@H]2[C@H]1CCC[C@]2(C#Cc1cccc(C)c1)OC(=O)c1ccc(F)cc1. The summed E-state index contributed by atoms with van der Waals surface area (Å²) in [6.07, 6.45) is 2.44. The summed E-state index contributed by atoms with van der Waals surface area (Å²) in [5.41, 5.74) is 1.16. The zero-order valence-corrected chi connectivity index (χ0v) is 18.3. The van der Waals surface area contributed by atoms with Gasteiger partial charge in [-0.15, -0.1) is 0 Å². The van der Waals surface area contributed by atoms with Crippen molar-refractivity contribution in [3.8, 4) is 11.8 Å². The topological polar surface area (TPSA) is 55.8 Å². The number of rotatable bonds is 2. The van der Waals surface area contributed by atoms with Crippen LogP contribution in [0.4, 0.5) is 9.18 Å². The highest BCUT2D eigenvalue weighted by molar-refractivity contribution is 5.90. The van der Waals surface area contributed by atoms with Gasteiger partial charge in [-0.05, 0) is 80.5 Å². The van der Waals surface area contributed by atoms with Crippen LogP contribution in [0.15, 0.2) is 48.5 Å². The predicted molar refractivity (Wildman–Crippen MR) is 117 cm³/mol. The van der Waals surface area contributed by atoms with Crippen molar-refractivity contribution < 1.29 is 23.5 Å². The first kappa shape index (κ1) is 21.9. The fourth-order valence-corrected chi connectivity index (χ4v) is 4.88. The first-order valence-corrected chi connectivity index (χ1v) is 10.9. The summed E-state index contributed by atoms with van der Waals surface area (Å²) < 4.78 is 24.4. The minimum atomic E-state index is -1.04. The molecule has 1 saturated heterocycles. The Bertz CT molecular complexity index is 1070. The Hall–Kier alpha value is -3.33. The first-order chi connectivity index (χ1) is 15.4. The highest BCUT2D eigenvalue weighted by Crippen LogP contribution is 2.45. The molecule has 4 rings (SSSR count). The summed E-state index contributed by atoms with van der Waals surface area (Å²) in [5.74, 6) is 5.42. The Balaban J connectivity index is 1.70. The lowest BCUT2D eigenvalue weighted by atomic mass is 9.72. The van der Waals surface area contributed by atoms with Gasteiger partial charge in [-0.2, -0.15) is 0 Å². The van der Waals surface area contributed by atoms with Crippen molar-refractivity contribution in [3.63, 3.8) is 0 Å². The average Bonchev–Trinajstić information content (AvgIpc) is 3.23. The number of fused-ring (bicyclic) bond motifs is 1. The highest BCUT2D eigenvalue weighted by Gasteiger charge is 2.53. The summed E-state index contributed by atoms with van der Waals surface area (Å²) in [6.45, 7) is 2.53. The smallest absolute Gasteiger partial charge is 0.409 e. The second-order valence-corrected chi connectivity index (χ2v) is 8.42. The number of esters is 1. The molecule has 2 aromatic rings. The van der Waals surface area contributed by atoms with Crippen LogP contribution in [-0.2, 0) is 9.47 Å². The van der Waals surface area contributed by atoms with Crippen LogP contribution in [0.5, 0.6) is 0 Å². The number of aryl methyl sites for hydroxylation is 1. The van der Waals surface area contributed by atoms with Crippen LogP contribution in [0.2, 0.25) is 0 Å². The molecule has 1 aliphatic heterocycles. The third-order valence-corrected chi connectivity index (χ3v) is 6.39. The van der Waals surface area contributed by atoms with E-state index in [0.717, 1.165) is 24.0 Å². The molecule has 5 nitrogen and oxygen atoms in total. The number of hydrogen-bond acceptors (Lipinski definition) is 4. The monoisotopic (exact) mass is 435 g/mol. The van der Waals surface area contributed by atoms with Crippen LogP contribution in [0.3, 0.4) is 0 Å². The lowest BCUT2D eigenvalue weighted by Crippen LogP contribution is -2.51. The second-order valence-electron chi connectivity index (χ2n) is 8.42. The number of halogens is 1. The van der Waals surface area contributed by atoms with E-state index >= 15 is 0 Å². The maximum atomic E-state index is 13.3. The van der Waals surface area contributed by atoms with Crippen LogP contribution in [0, 0.1) is 30.5 Å². The van der Waals surface area contributed by atoms with Gasteiger partial charge in [0.25, 0.3) is 0 Å². The summed E-state index contributed by atoms with van der Waals surface area (Å²) >= 11 is 0. The van der Waals surface area contributed by atoms with Gasteiger partial charge in [-0.25, -0.2) is 14.0 Å². The summed E-state index contributed by atoms with van der Waals surface area (Å²) in [5, 5.41) is 0. The molecular formula is C26H26FNO4. The summed E-state index contributed by atoms with van der Waals surface area (Å²) in [6, 6.07) is 13.0. The van der Waals surface area contributed by atoms with E-state index in [0.29, 0.717) is 19.4 Å². The van der Waals surface area contributed by atoms with Gasteiger partial charge in [-0.1, -0.05) is 18.1 Å². The van der Waals surface area contributed by atoms with Crippen molar-refractivity contribution >= 4 is 12.1 Å². The number of hydrogen-bond donors (Lipinski definition) is 0. The van der Waals surface area contributed by atoms with E-state index in [4.69, 9.17) is 9.47 Å². The molecule has 0 aromatic heterocycles. The molecule has 2 fully saturated rings. The van der Waals surface area contributed by atoms with Gasteiger partial charge in [0.05, 0.1) is 12.7 Å². The number of likely N-dealkylation sites (tertiary alicyclic amines) is 1. The fourth-order valence-electron chi connectivity index (χ4n) is 4.88. The molecule has 2 aliphatic rings. The number of methoxy groups -OCH3 is 1. The molecule has 6 heteroatoms. The van der Waals surface area contributed by atoms with Gasteiger partial charge >= 0.3 is 12.1 Å². The van der Waals surface area contributed by atoms with Crippen molar-refractivity contribution in [1.82, 2.24) is 4.90 Å². The van der Waals surface area contributed by atoms with Crippen LogP contribution < -0.4 is 0 Å². The van der Waals surface area contributed by atoms with Crippen molar-refractivity contribution in [2.75, 3.05) is 13.7 Å². The van der Waals surface area contributed by atoms with Crippen LogP contribution in [-0.4, -0.2) is 42.3 Å². The Morgan fingerprint density at radius 1 is 1.16 bits per heavy atom. The number of carbonyl (C=O) groups is 2. The van der Waals surface area contributed by atoms with Gasteiger partial charge in [0, 0.05) is 24.1 Å². The Labute approximate surface area is 187 Å². The molecule has 32 heavy (non-hydrogen) atoms. The van der Waals surface area contributed by atoms with E-state index in [-0.39, 0.29) is 23.6 Å². The first-order valence-electron chi connectivity index (χ1n) is 10.9. The zero-order chi connectivity index (χ0) is 22.7. The van der Waals surface area contributed by atoms with Crippen LogP contribution >= 0.6 is 0 Å². The fraction of sp³-hybridized carbons (Fsp3) is 0.385. The van der Waals surface area contributed by atoms with Gasteiger partial charge < -0.3 is 14.4 Å². The van der Waals surface area contributed by atoms with Crippen molar-refractivity contribution in [1.29, 1.82) is 0 Å². The molecule has 1 saturated carbocycles. The van der Waals surface area contributed by atoms with Gasteiger partial charge in [-0.3, -0.25) is 0 Å². The Morgan fingerprint density at radius 2 is 1.94 bits per heavy atom. The number of carbonyl (C=O) groups excluding carboxylic acids is 2. The molecular weight excluding hydrogens is 409 g/mol. The van der Waals surface area contributed by atoms with Crippen molar-refractivity contribution in [2.45, 2.75) is 44.2 Å². The highest BCUT2D eigenvalue weighted by atomic mass is 19.1. The van der Waals surface area contributed by atoms with Crippen LogP contribution in [0.25, 0.3) is 0 Å². The minimum Gasteiger partial charge on any atom is -0.453 e. The maximum Gasteiger partial charge on any atom is 0.409 e. The number of amides is 1. The van der Waals surface area contributed by atoms with Crippen molar-refractivity contribution in [3.05, 3.63) is 71.0 Å². The quantitative estimate of drug-likeness (QED) is 0.506. The molecule has 2 aromatic carbocycles. The normalized spacial score (nSPS) is 24.2. The molecule has 1 amide bonds. The lowest BCUT2D eigenvalue weighted by Gasteiger charge is -2.42. The van der Waals surface area contributed by atoms with Gasteiger partial charge in [0.1, 0.15) is 5.82 Å². The Morgan fingerprint density at radius 3 is 2.66 bits per heavy atom. The lowest BCUT2D eigenvalue weighted by molar-refractivity contribution is -0.0445. The third-order valence-electron chi connectivity index (χ3n) is 6.39. The summed E-state index contributed by atoms with van der Waals surface area (Å²) in [4.78, 5) is 27.1. The van der Waals surface area contributed by atoms with Crippen molar-refractivity contribution in [2.24, 2.45) is 5.92 Å². The predicted octanol–water partition coefficient (Wildman–Crippen LogP) is 4.72. The molecule has 1 heterocycles. The van der Waals surface area contributed by atoms with Gasteiger partial charge in [0.2, 0.25) is 0 Å². The molecule has 3 atom stereocenters. The standard InChI is InChI=1S/C26H26FNO4/c1-18-5-3-6-19(17-18)12-15-26(32-24(29)20-8-10-21(27)11-9-20)14-4-7-23-22(26)13-16-28(23)25(30)31-2/h3,5-6,8-11,17,22-23H,4,7,13-14,16H2,1-2H3/t22-,23-,26-/m1/s1. The molecule has 0 radical (unpaired) electrons. The van der Waals surface area contributed by atoms with E-state index < -0.39 is 17.4 Å². The van der Waals surface area contributed by atoms with E-state index in [2.05, 4.69) is 11.8 Å². The second kappa shape index (κ2) is 9.04. The van der Waals surface area contributed by atoms with E-state index in [9.17, 15) is 14.0 Å². The molecule has 0 unspecified atom stereocenters. The Kier molecular flexibility index (Phi) is 6.18. The summed E-state index contributed by atoms with van der Waals surface area (Å²) in [7, 11) is 1.37. The van der Waals surface area contributed by atoms with E-state index in [1.807, 2.05) is 31.2 Å². The van der Waals surface area contributed by atoms with Gasteiger partial charge in [0.15, 0.2) is 5.60 Å². The van der Waals surface area contributed by atoms with Crippen LogP contribution in [0.1, 0.15) is 47.2 Å². The maximum absolute atomic E-state index is 13.3. The molecule has 0 spiro atoms. The minimum absolute atomic E-state index is 0.107. The number of ether oxygens (including phenoxy) is 2.